The number of hydrogen-bond acceptors (Lipinski definition) is 3. The molecule has 6 rings (SSSR count). The van der Waals surface area contributed by atoms with Gasteiger partial charge in [-0.05, 0) is 68.1 Å². The molecule has 2 N–H and O–H groups in total. The van der Waals surface area contributed by atoms with Crippen molar-refractivity contribution < 1.29 is 14.4 Å². The molecule has 5 aliphatic rings. The number of hydrogen-bond donors (Lipinski definition) is 2. The van der Waals surface area contributed by atoms with Crippen LogP contribution in [0.25, 0.3) is 0 Å². The van der Waals surface area contributed by atoms with Gasteiger partial charge in [0.05, 0.1) is 11.1 Å². The lowest BCUT2D eigenvalue weighted by molar-refractivity contribution is 0.0879. The number of urea groups is 1. The van der Waals surface area contributed by atoms with E-state index in [4.69, 9.17) is 0 Å². The molecular weight excluding hydrogens is 318 g/mol. The first-order chi connectivity index (χ1) is 12.1. The molecule has 2 saturated carbocycles. The third-order valence-electron chi connectivity index (χ3n) is 6.35. The predicted octanol–water partition coefficient (Wildman–Crippen LogP) is 2.61. The second-order valence-electron chi connectivity index (χ2n) is 8.06. The molecule has 0 aromatic heterocycles. The number of rotatable bonds is 1. The number of anilines is 1. The first kappa shape index (κ1) is 14.9. The van der Waals surface area contributed by atoms with Gasteiger partial charge < -0.3 is 10.2 Å². The quantitative estimate of drug-likeness (QED) is 0.772. The van der Waals surface area contributed by atoms with E-state index in [0.29, 0.717) is 28.8 Å². The number of imide groups is 1. The Morgan fingerprint density at radius 2 is 1.64 bits per heavy atom. The summed E-state index contributed by atoms with van der Waals surface area (Å²) in [5, 5.41) is 5.22. The molecule has 6 heteroatoms. The Labute approximate surface area is 145 Å². The van der Waals surface area contributed by atoms with Gasteiger partial charge in [0.1, 0.15) is 0 Å². The third kappa shape index (κ3) is 2.42. The number of carbonyl (C=O) groups is 3. The predicted molar refractivity (Wildman–Crippen MR) is 91.3 cm³/mol. The monoisotopic (exact) mass is 339 g/mol. The summed E-state index contributed by atoms with van der Waals surface area (Å²) < 4.78 is 0. The van der Waals surface area contributed by atoms with Crippen LogP contribution < -0.4 is 10.6 Å². The van der Waals surface area contributed by atoms with Crippen LogP contribution in [0, 0.1) is 17.8 Å². The highest BCUT2D eigenvalue weighted by Crippen LogP contribution is 2.47. The maximum Gasteiger partial charge on any atom is 0.322 e. The van der Waals surface area contributed by atoms with Crippen LogP contribution >= 0.6 is 0 Å². The minimum Gasteiger partial charge on any atom is -0.321 e. The minimum atomic E-state index is -0.401. The second kappa shape index (κ2) is 5.31. The van der Waals surface area contributed by atoms with Gasteiger partial charge in [0.25, 0.3) is 11.8 Å². The summed E-state index contributed by atoms with van der Waals surface area (Å²) in [4.78, 5) is 38.3. The van der Waals surface area contributed by atoms with E-state index in [0.717, 1.165) is 31.2 Å². The van der Waals surface area contributed by atoms with Crippen molar-refractivity contribution in [1.29, 1.82) is 0 Å². The average molecular weight is 339 g/mol. The van der Waals surface area contributed by atoms with Crippen molar-refractivity contribution in [2.75, 3.05) is 11.9 Å². The average Bonchev–Trinajstić information content (AvgIpc) is 2.71. The fourth-order valence-electron chi connectivity index (χ4n) is 5.47. The number of carbonyl (C=O) groups excluding carboxylic acids is 3. The summed E-state index contributed by atoms with van der Waals surface area (Å²) in [5.74, 6) is 1.43. The number of amides is 4. The van der Waals surface area contributed by atoms with Gasteiger partial charge in [-0.25, -0.2) is 4.79 Å². The first-order valence-corrected chi connectivity index (χ1v) is 9.14. The lowest BCUT2D eigenvalue weighted by atomic mass is 9.68. The Balaban J connectivity index is 1.36. The molecule has 25 heavy (non-hydrogen) atoms. The summed E-state index contributed by atoms with van der Waals surface area (Å²) >= 11 is 0. The summed E-state index contributed by atoms with van der Waals surface area (Å²) in [6.07, 6.45) is 6.12. The Morgan fingerprint density at radius 3 is 2.40 bits per heavy atom. The van der Waals surface area contributed by atoms with Crippen molar-refractivity contribution in [3.05, 3.63) is 29.3 Å². The Hall–Kier alpha value is -2.37. The Morgan fingerprint density at radius 1 is 0.960 bits per heavy atom. The van der Waals surface area contributed by atoms with Crippen molar-refractivity contribution in [1.82, 2.24) is 10.2 Å². The molecule has 3 aliphatic heterocycles. The molecule has 0 radical (unpaired) electrons. The molecule has 4 bridgehead atoms. The largest absolute Gasteiger partial charge is 0.322 e. The number of nitrogens with zero attached hydrogens (tertiary/aromatic N) is 1. The van der Waals surface area contributed by atoms with Crippen LogP contribution in [0.1, 0.15) is 52.8 Å². The zero-order valence-corrected chi connectivity index (χ0v) is 14.0. The van der Waals surface area contributed by atoms with E-state index in [1.54, 1.807) is 18.2 Å². The maximum atomic E-state index is 12.9. The first-order valence-electron chi connectivity index (χ1n) is 9.14. The van der Waals surface area contributed by atoms with E-state index in [2.05, 4.69) is 10.6 Å². The van der Waals surface area contributed by atoms with Crippen LogP contribution in [0.4, 0.5) is 10.5 Å². The van der Waals surface area contributed by atoms with Crippen molar-refractivity contribution >= 4 is 23.5 Å². The highest BCUT2D eigenvalue weighted by molar-refractivity contribution is 6.22. The topological polar surface area (TPSA) is 78.5 Å². The normalized spacial score (nSPS) is 32.4. The fourth-order valence-corrected chi connectivity index (χ4v) is 5.47. The molecule has 4 fully saturated rings. The van der Waals surface area contributed by atoms with Gasteiger partial charge in [-0.15, -0.1) is 0 Å². The molecule has 1 aromatic carbocycles. The highest BCUT2D eigenvalue weighted by Gasteiger charge is 2.44. The van der Waals surface area contributed by atoms with E-state index >= 15 is 0 Å². The van der Waals surface area contributed by atoms with Crippen molar-refractivity contribution in [3.8, 4) is 0 Å². The molecule has 4 amide bonds. The lowest BCUT2D eigenvalue weighted by Crippen LogP contribution is -2.44. The molecule has 6 nitrogen and oxygen atoms in total. The number of nitrogens with one attached hydrogen (secondary N) is 2. The summed E-state index contributed by atoms with van der Waals surface area (Å²) in [7, 11) is 0. The van der Waals surface area contributed by atoms with E-state index in [9.17, 15) is 14.4 Å². The van der Waals surface area contributed by atoms with Gasteiger partial charge in [-0.2, -0.15) is 0 Å². The lowest BCUT2D eigenvalue weighted by Gasteiger charge is -2.38. The van der Waals surface area contributed by atoms with E-state index < -0.39 is 5.91 Å². The standard InChI is InChI=1S/C19H21N3O3/c23-17-15-2-1-13(8-16(15)18(24)21-17)20-19(25)22-9-12-4-10-3-11(5-12)7-14(22)6-10/h1-2,8,10-12,14H,3-7,9H2,(H,20,25)(H,21,23,24). The molecule has 0 spiro atoms. The molecule has 3 heterocycles. The van der Waals surface area contributed by atoms with Crippen LogP contribution in [-0.4, -0.2) is 35.3 Å². The summed E-state index contributed by atoms with van der Waals surface area (Å²) in [6.45, 7) is 0.841. The van der Waals surface area contributed by atoms with Gasteiger partial charge in [-0.3, -0.25) is 14.9 Å². The minimum absolute atomic E-state index is 0.0807. The molecule has 2 aliphatic carbocycles. The van der Waals surface area contributed by atoms with Gasteiger partial charge in [-0.1, -0.05) is 0 Å². The molecular formula is C19H21N3O3. The highest BCUT2D eigenvalue weighted by atomic mass is 16.2. The van der Waals surface area contributed by atoms with E-state index in [-0.39, 0.29) is 11.9 Å². The molecule has 2 atom stereocenters. The summed E-state index contributed by atoms with van der Waals surface area (Å²) in [5.41, 5.74) is 1.27. The molecule has 1 aromatic rings. The SMILES string of the molecule is O=C1NC(=O)c2cc(NC(=O)N3CC4CC5CC(C4)CC3C5)ccc21. The number of fused-ring (bicyclic) bond motifs is 2. The van der Waals surface area contributed by atoms with Gasteiger partial charge in [0.15, 0.2) is 0 Å². The van der Waals surface area contributed by atoms with E-state index in [1.807, 2.05) is 4.90 Å². The van der Waals surface area contributed by atoms with Crippen LogP contribution in [0.3, 0.4) is 0 Å². The van der Waals surface area contributed by atoms with E-state index in [1.165, 1.54) is 19.3 Å². The van der Waals surface area contributed by atoms with Crippen molar-refractivity contribution in [2.24, 2.45) is 17.8 Å². The smallest absolute Gasteiger partial charge is 0.321 e. The van der Waals surface area contributed by atoms with Crippen molar-refractivity contribution in [2.45, 2.75) is 38.1 Å². The van der Waals surface area contributed by atoms with Crippen LogP contribution in [-0.2, 0) is 0 Å². The van der Waals surface area contributed by atoms with Crippen LogP contribution in [0.2, 0.25) is 0 Å². The molecule has 2 unspecified atom stereocenters. The third-order valence-corrected chi connectivity index (χ3v) is 6.35. The van der Waals surface area contributed by atoms with Crippen molar-refractivity contribution in [3.63, 3.8) is 0 Å². The second-order valence-corrected chi connectivity index (χ2v) is 8.06. The van der Waals surface area contributed by atoms with Gasteiger partial charge in [0, 0.05) is 18.3 Å². The fraction of sp³-hybridized carbons (Fsp3) is 0.526. The maximum absolute atomic E-state index is 12.9. The Bertz CT molecular complexity index is 776. The molecule has 2 saturated heterocycles. The van der Waals surface area contributed by atoms with Crippen LogP contribution in [0.15, 0.2) is 18.2 Å². The zero-order valence-electron chi connectivity index (χ0n) is 14.0. The van der Waals surface area contributed by atoms with Gasteiger partial charge in [0.2, 0.25) is 0 Å². The Kier molecular flexibility index (Phi) is 3.17. The summed E-state index contributed by atoms with van der Waals surface area (Å²) in [6, 6.07) is 5.14. The molecule has 130 valence electrons. The van der Waals surface area contributed by atoms with Gasteiger partial charge >= 0.3 is 6.03 Å². The van der Waals surface area contributed by atoms with Crippen LogP contribution in [0.5, 0.6) is 0 Å². The number of benzene rings is 1. The zero-order chi connectivity index (χ0) is 17.1.